The number of carbonyl (C=O) groups excluding carboxylic acids is 1. The first-order chi connectivity index (χ1) is 12.2. The van der Waals surface area contributed by atoms with Crippen LogP contribution in [-0.2, 0) is 17.9 Å². The summed E-state index contributed by atoms with van der Waals surface area (Å²) in [6.07, 6.45) is 4.31. The number of aromatic nitrogens is 5. The number of furan rings is 1. The first-order valence-corrected chi connectivity index (χ1v) is 7.74. The standard InChI is InChI=1S/C16H16N6O3/c1-3-6-22-13(18-19-20-22)10-24-16(23)14-11(2)25-15(12(14)9-17)21-7-4-5-8-21/h4-5,7-8H,3,6,10H2,1-2H3. The van der Waals surface area contributed by atoms with Gasteiger partial charge in [-0.05, 0) is 35.9 Å². The van der Waals surface area contributed by atoms with Gasteiger partial charge in [-0.25, -0.2) is 9.48 Å². The predicted octanol–water partition coefficient (Wildman–Crippen LogP) is 2.00. The number of nitriles is 1. The van der Waals surface area contributed by atoms with E-state index in [0.717, 1.165) is 6.42 Å². The molecule has 0 saturated heterocycles. The average Bonchev–Trinajstić information content (AvgIpc) is 3.32. The second kappa shape index (κ2) is 7.00. The zero-order valence-corrected chi connectivity index (χ0v) is 13.8. The third-order valence-electron chi connectivity index (χ3n) is 3.59. The van der Waals surface area contributed by atoms with Crippen molar-refractivity contribution >= 4 is 5.97 Å². The molecular formula is C16H16N6O3. The normalized spacial score (nSPS) is 10.6. The van der Waals surface area contributed by atoms with Crippen molar-refractivity contribution in [3.8, 4) is 12.0 Å². The minimum atomic E-state index is -0.651. The van der Waals surface area contributed by atoms with E-state index in [9.17, 15) is 10.1 Å². The van der Waals surface area contributed by atoms with E-state index in [-0.39, 0.29) is 23.6 Å². The van der Waals surface area contributed by atoms with Crippen LogP contribution in [0.15, 0.2) is 28.9 Å². The van der Waals surface area contributed by atoms with E-state index >= 15 is 0 Å². The van der Waals surface area contributed by atoms with Gasteiger partial charge in [0.2, 0.25) is 5.88 Å². The minimum Gasteiger partial charge on any atom is -0.454 e. The molecule has 0 aromatic carbocycles. The maximum Gasteiger partial charge on any atom is 0.343 e. The SMILES string of the molecule is CCCn1nnnc1COC(=O)c1c(C)oc(-n2cccc2)c1C#N. The van der Waals surface area contributed by atoms with Crippen molar-refractivity contribution < 1.29 is 13.9 Å². The number of ether oxygens (including phenoxy) is 1. The van der Waals surface area contributed by atoms with Gasteiger partial charge in [0.1, 0.15) is 23.0 Å². The zero-order valence-electron chi connectivity index (χ0n) is 13.8. The largest absolute Gasteiger partial charge is 0.454 e. The molecule has 0 aliphatic carbocycles. The summed E-state index contributed by atoms with van der Waals surface area (Å²) < 4.78 is 14.1. The van der Waals surface area contributed by atoms with Crippen LogP contribution in [0.3, 0.4) is 0 Å². The van der Waals surface area contributed by atoms with Crippen LogP contribution in [-0.4, -0.2) is 30.7 Å². The maximum atomic E-state index is 12.5. The van der Waals surface area contributed by atoms with Gasteiger partial charge in [-0.2, -0.15) is 5.26 Å². The van der Waals surface area contributed by atoms with Crippen LogP contribution in [0.25, 0.3) is 5.88 Å². The van der Waals surface area contributed by atoms with E-state index in [1.807, 2.05) is 13.0 Å². The lowest BCUT2D eigenvalue weighted by Crippen LogP contribution is -2.12. The topological polar surface area (TPSA) is 112 Å². The molecule has 3 rings (SSSR count). The first kappa shape index (κ1) is 16.4. The molecular weight excluding hydrogens is 324 g/mol. The Labute approximate surface area is 143 Å². The molecule has 0 N–H and O–H groups in total. The molecule has 9 heteroatoms. The highest BCUT2D eigenvalue weighted by Gasteiger charge is 2.26. The van der Waals surface area contributed by atoms with Crippen molar-refractivity contribution in [2.45, 2.75) is 33.4 Å². The molecule has 3 heterocycles. The van der Waals surface area contributed by atoms with E-state index < -0.39 is 5.97 Å². The van der Waals surface area contributed by atoms with Gasteiger partial charge >= 0.3 is 5.97 Å². The Kier molecular flexibility index (Phi) is 4.61. The Morgan fingerprint density at radius 1 is 1.40 bits per heavy atom. The van der Waals surface area contributed by atoms with Crippen LogP contribution in [0.1, 0.15) is 40.9 Å². The van der Waals surface area contributed by atoms with Gasteiger partial charge < -0.3 is 9.15 Å². The molecule has 0 radical (unpaired) electrons. The Morgan fingerprint density at radius 2 is 2.16 bits per heavy atom. The summed E-state index contributed by atoms with van der Waals surface area (Å²) in [5.41, 5.74) is 0.243. The molecule has 0 unspecified atom stereocenters. The van der Waals surface area contributed by atoms with Gasteiger partial charge in [0.15, 0.2) is 12.4 Å². The Balaban J connectivity index is 1.83. The van der Waals surface area contributed by atoms with Crippen LogP contribution in [0.2, 0.25) is 0 Å². The number of rotatable bonds is 6. The minimum absolute atomic E-state index is 0.0832. The molecule has 0 atom stereocenters. The van der Waals surface area contributed by atoms with E-state index in [4.69, 9.17) is 9.15 Å². The predicted molar refractivity (Wildman–Crippen MR) is 84.7 cm³/mol. The number of nitrogens with zero attached hydrogens (tertiary/aromatic N) is 6. The molecule has 3 aromatic rings. The van der Waals surface area contributed by atoms with Gasteiger partial charge in [-0.1, -0.05) is 6.92 Å². The fourth-order valence-corrected chi connectivity index (χ4v) is 2.45. The molecule has 0 bridgehead atoms. The molecule has 0 aliphatic rings. The van der Waals surface area contributed by atoms with Crippen molar-refractivity contribution in [1.82, 2.24) is 24.8 Å². The summed E-state index contributed by atoms with van der Waals surface area (Å²) >= 11 is 0. The van der Waals surface area contributed by atoms with E-state index in [1.165, 1.54) is 0 Å². The molecule has 0 amide bonds. The Morgan fingerprint density at radius 3 is 2.84 bits per heavy atom. The van der Waals surface area contributed by atoms with E-state index in [1.54, 1.807) is 40.7 Å². The average molecular weight is 340 g/mol. The first-order valence-electron chi connectivity index (χ1n) is 7.74. The smallest absolute Gasteiger partial charge is 0.343 e. The highest BCUT2D eigenvalue weighted by atomic mass is 16.5. The molecule has 128 valence electrons. The van der Waals surface area contributed by atoms with E-state index in [0.29, 0.717) is 18.1 Å². The number of aryl methyl sites for hydroxylation is 2. The Hall–Kier alpha value is -3.41. The third kappa shape index (κ3) is 3.14. The van der Waals surface area contributed by atoms with Gasteiger partial charge in [-0.15, -0.1) is 5.10 Å². The molecule has 0 saturated carbocycles. The fraction of sp³-hybridized carbons (Fsp3) is 0.312. The lowest BCUT2D eigenvalue weighted by Gasteiger charge is -2.05. The summed E-state index contributed by atoms with van der Waals surface area (Å²) in [5, 5.41) is 20.7. The number of hydrogen-bond acceptors (Lipinski definition) is 7. The summed E-state index contributed by atoms with van der Waals surface area (Å²) in [6.45, 7) is 4.16. The molecule has 0 spiro atoms. The molecule has 3 aromatic heterocycles. The lowest BCUT2D eigenvalue weighted by atomic mass is 10.1. The molecule has 0 aliphatic heterocycles. The van der Waals surface area contributed by atoms with Crippen LogP contribution >= 0.6 is 0 Å². The second-order valence-electron chi connectivity index (χ2n) is 5.31. The van der Waals surface area contributed by atoms with Crippen molar-refractivity contribution in [3.63, 3.8) is 0 Å². The third-order valence-corrected chi connectivity index (χ3v) is 3.59. The van der Waals surface area contributed by atoms with Crippen molar-refractivity contribution in [1.29, 1.82) is 5.26 Å². The number of carbonyl (C=O) groups is 1. The van der Waals surface area contributed by atoms with Gasteiger partial charge in [0, 0.05) is 18.9 Å². The van der Waals surface area contributed by atoms with Gasteiger partial charge in [-0.3, -0.25) is 4.57 Å². The van der Waals surface area contributed by atoms with Crippen LogP contribution in [0.5, 0.6) is 0 Å². The van der Waals surface area contributed by atoms with Gasteiger partial charge in [0.25, 0.3) is 0 Å². The quantitative estimate of drug-likeness (QED) is 0.631. The lowest BCUT2D eigenvalue weighted by molar-refractivity contribution is 0.0454. The van der Waals surface area contributed by atoms with Crippen LogP contribution in [0, 0.1) is 18.3 Å². The van der Waals surface area contributed by atoms with Crippen LogP contribution in [0.4, 0.5) is 0 Å². The van der Waals surface area contributed by atoms with Gasteiger partial charge in [0.05, 0.1) is 0 Å². The second-order valence-corrected chi connectivity index (χ2v) is 5.31. The maximum absolute atomic E-state index is 12.5. The number of tetrazole rings is 1. The number of esters is 1. The van der Waals surface area contributed by atoms with Crippen LogP contribution < -0.4 is 0 Å². The summed E-state index contributed by atoms with van der Waals surface area (Å²) in [5.74, 6) is 0.397. The van der Waals surface area contributed by atoms with Crippen molar-refractivity contribution in [3.05, 3.63) is 47.2 Å². The van der Waals surface area contributed by atoms with Crippen molar-refractivity contribution in [2.75, 3.05) is 0 Å². The zero-order chi connectivity index (χ0) is 17.8. The summed E-state index contributed by atoms with van der Waals surface area (Å²) in [7, 11) is 0. The monoisotopic (exact) mass is 340 g/mol. The molecule has 0 fully saturated rings. The summed E-state index contributed by atoms with van der Waals surface area (Å²) in [6, 6.07) is 5.61. The molecule has 25 heavy (non-hydrogen) atoms. The summed E-state index contributed by atoms with van der Waals surface area (Å²) in [4.78, 5) is 12.5. The highest BCUT2D eigenvalue weighted by molar-refractivity contribution is 5.94. The van der Waals surface area contributed by atoms with E-state index in [2.05, 4.69) is 15.5 Å². The number of hydrogen-bond donors (Lipinski definition) is 0. The molecule has 9 nitrogen and oxygen atoms in total. The fourth-order valence-electron chi connectivity index (χ4n) is 2.45. The van der Waals surface area contributed by atoms with Crippen molar-refractivity contribution in [2.24, 2.45) is 0 Å². The Bertz CT molecular complexity index is 916. The highest BCUT2D eigenvalue weighted by Crippen LogP contribution is 2.26.